The molecule has 6 heteroatoms. The molecule has 1 atom stereocenters. The Labute approximate surface area is 162 Å². The van der Waals surface area contributed by atoms with E-state index in [-0.39, 0.29) is 5.91 Å². The van der Waals surface area contributed by atoms with Gasteiger partial charge < -0.3 is 19.3 Å². The molecule has 1 aliphatic heterocycles. The SMILES string of the molecule is COc1cc(C(=O)N2CCCC(N(C)C)C2)cc(Cl)c1OCCC(C)C. The number of methoxy groups -OCH3 is 1. The zero-order chi connectivity index (χ0) is 19.3. The average Bonchev–Trinajstić information content (AvgIpc) is 2.61. The third-order valence-corrected chi connectivity index (χ3v) is 5.11. The highest BCUT2D eigenvalue weighted by molar-refractivity contribution is 6.32. The zero-order valence-corrected chi connectivity index (χ0v) is 17.3. The Balaban J connectivity index is 2.16. The summed E-state index contributed by atoms with van der Waals surface area (Å²) >= 11 is 6.41. The molecule has 1 aliphatic rings. The van der Waals surface area contributed by atoms with Gasteiger partial charge in [0.2, 0.25) is 0 Å². The van der Waals surface area contributed by atoms with Crippen LogP contribution in [0.3, 0.4) is 0 Å². The summed E-state index contributed by atoms with van der Waals surface area (Å²) in [6.45, 7) is 6.36. The van der Waals surface area contributed by atoms with Gasteiger partial charge in [-0.05, 0) is 51.4 Å². The summed E-state index contributed by atoms with van der Waals surface area (Å²) in [6.07, 6.45) is 3.05. The minimum Gasteiger partial charge on any atom is -0.493 e. The fourth-order valence-corrected chi connectivity index (χ4v) is 3.39. The third kappa shape index (κ3) is 5.27. The van der Waals surface area contributed by atoms with E-state index < -0.39 is 0 Å². The fraction of sp³-hybridized carbons (Fsp3) is 0.650. The number of carbonyl (C=O) groups excluding carboxylic acids is 1. The van der Waals surface area contributed by atoms with Gasteiger partial charge in [-0.15, -0.1) is 0 Å². The van der Waals surface area contributed by atoms with E-state index in [0.717, 1.165) is 32.4 Å². The highest BCUT2D eigenvalue weighted by atomic mass is 35.5. The van der Waals surface area contributed by atoms with Gasteiger partial charge in [0, 0.05) is 24.7 Å². The van der Waals surface area contributed by atoms with Gasteiger partial charge in [0.25, 0.3) is 5.91 Å². The molecule has 0 spiro atoms. The molecule has 5 nitrogen and oxygen atoms in total. The van der Waals surface area contributed by atoms with Crippen LogP contribution in [0.25, 0.3) is 0 Å². The Kier molecular flexibility index (Phi) is 7.59. The molecule has 0 radical (unpaired) electrons. The summed E-state index contributed by atoms with van der Waals surface area (Å²) in [6, 6.07) is 3.82. The van der Waals surface area contributed by atoms with Crippen LogP contribution in [0.2, 0.25) is 5.02 Å². The first-order chi connectivity index (χ1) is 12.3. The van der Waals surface area contributed by atoms with Gasteiger partial charge in [-0.1, -0.05) is 25.4 Å². The number of likely N-dealkylation sites (tertiary alicyclic amines) is 1. The van der Waals surface area contributed by atoms with Crippen LogP contribution >= 0.6 is 11.6 Å². The lowest BCUT2D eigenvalue weighted by Gasteiger charge is -2.36. The molecule has 1 heterocycles. The number of piperidine rings is 1. The predicted octanol–water partition coefficient (Wildman–Crippen LogP) is 3.94. The molecule has 146 valence electrons. The number of halogens is 1. The zero-order valence-electron chi connectivity index (χ0n) is 16.5. The van der Waals surface area contributed by atoms with Crippen molar-refractivity contribution in [3.05, 3.63) is 22.7 Å². The van der Waals surface area contributed by atoms with Crippen molar-refractivity contribution in [2.45, 2.75) is 39.2 Å². The van der Waals surface area contributed by atoms with E-state index in [2.05, 4.69) is 32.8 Å². The van der Waals surface area contributed by atoms with Crippen molar-refractivity contribution in [2.75, 3.05) is 40.9 Å². The van der Waals surface area contributed by atoms with Crippen LogP contribution in [-0.4, -0.2) is 62.7 Å². The Hall–Kier alpha value is -1.46. The molecule has 1 aromatic carbocycles. The lowest BCUT2D eigenvalue weighted by molar-refractivity contribution is 0.0634. The van der Waals surface area contributed by atoms with Crippen molar-refractivity contribution in [2.24, 2.45) is 5.92 Å². The Morgan fingerprint density at radius 1 is 1.38 bits per heavy atom. The molecule has 1 unspecified atom stereocenters. The van der Waals surface area contributed by atoms with Crippen molar-refractivity contribution in [3.63, 3.8) is 0 Å². The second kappa shape index (κ2) is 9.47. The normalized spacial score (nSPS) is 17.7. The minimum absolute atomic E-state index is 0.00881. The van der Waals surface area contributed by atoms with Gasteiger partial charge in [-0.2, -0.15) is 0 Å². The van der Waals surface area contributed by atoms with E-state index in [1.54, 1.807) is 19.2 Å². The number of hydrogen-bond acceptors (Lipinski definition) is 4. The number of ether oxygens (including phenoxy) is 2. The van der Waals surface area contributed by atoms with Crippen LogP contribution in [-0.2, 0) is 0 Å². The molecule has 1 amide bonds. The maximum Gasteiger partial charge on any atom is 0.254 e. The Bertz CT molecular complexity index is 619. The van der Waals surface area contributed by atoms with Crippen LogP contribution < -0.4 is 9.47 Å². The molecule has 26 heavy (non-hydrogen) atoms. The maximum absolute atomic E-state index is 13.0. The lowest BCUT2D eigenvalue weighted by atomic mass is 10.0. The molecule has 1 saturated heterocycles. The van der Waals surface area contributed by atoms with Crippen LogP contribution in [0, 0.1) is 5.92 Å². The Morgan fingerprint density at radius 3 is 2.73 bits per heavy atom. The molecular weight excluding hydrogens is 352 g/mol. The second-order valence-electron chi connectivity index (χ2n) is 7.53. The summed E-state index contributed by atoms with van der Waals surface area (Å²) in [7, 11) is 5.68. The number of carbonyl (C=O) groups is 1. The van der Waals surface area contributed by atoms with Gasteiger partial charge in [0.1, 0.15) is 0 Å². The maximum atomic E-state index is 13.0. The highest BCUT2D eigenvalue weighted by Gasteiger charge is 2.27. The smallest absolute Gasteiger partial charge is 0.254 e. The van der Waals surface area contributed by atoms with Gasteiger partial charge >= 0.3 is 0 Å². The summed E-state index contributed by atoms with van der Waals surface area (Å²) < 4.78 is 11.2. The van der Waals surface area contributed by atoms with Crippen LogP contribution in [0.15, 0.2) is 12.1 Å². The van der Waals surface area contributed by atoms with E-state index >= 15 is 0 Å². The first-order valence-electron chi connectivity index (χ1n) is 9.29. The number of hydrogen-bond donors (Lipinski definition) is 0. The first kappa shape index (κ1) is 20.8. The fourth-order valence-electron chi connectivity index (χ4n) is 3.12. The van der Waals surface area contributed by atoms with Gasteiger partial charge in [0.05, 0.1) is 18.7 Å². The van der Waals surface area contributed by atoms with Crippen molar-refractivity contribution < 1.29 is 14.3 Å². The monoisotopic (exact) mass is 382 g/mol. The van der Waals surface area contributed by atoms with Crippen molar-refractivity contribution in [3.8, 4) is 11.5 Å². The molecule has 0 saturated carbocycles. The second-order valence-corrected chi connectivity index (χ2v) is 7.94. The first-order valence-corrected chi connectivity index (χ1v) is 9.67. The summed E-state index contributed by atoms with van der Waals surface area (Å²) in [5.74, 6) is 1.55. The number of benzene rings is 1. The summed E-state index contributed by atoms with van der Waals surface area (Å²) in [4.78, 5) is 17.0. The standard InChI is InChI=1S/C20H31ClN2O3/c1-14(2)8-10-26-19-17(21)11-15(12-18(19)25-5)20(24)23-9-6-7-16(13-23)22(3)4/h11-12,14,16H,6-10,13H2,1-5H3. The molecule has 0 N–H and O–H groups in total. The summed E-state index contributed by atoms with van der Waals surface area (Å²) in [5.41, 5.74) is 0.544. The van der Waals surface area contributed by atoms with E-state index in [9.17, 15) is 4.79 Å². The van der Waals surface area contributed by atoms with E-state index in [0.29, 0.717) is 40.7 Å². The van der Waals surface area contributed by atoms with Gasteiger partial charge in [0.15, 0.2) is 11.5 Å². The molecule has 0 bridgehead atoms. The van der Waals surface area contributed by atoms with E-state index in [1.165, 1.54) is 0 Å². The average molecular weight is 383 g/mol. The quantitative estimate of drug-likeness (QED) is 0.716. The number of amides is 1. The largest absolute Gasteiger partial charge is 0.493 e. The summed E-state index contributed by atoms with van der Waals surface area (Å²) in [5, 5.41) is 0.414. The minimum atomic E-state index is -0.00881. The third-order valence-electron chi connectivity index (χ3n) is 4.83. The van der Waals surface area contributed by atoms with Crippen molar-refractivity contribution >= 4 is 17.5 Å². The van der Waals surface area contributed by atoms with Gasteiger partial charge in [-0.3, -0.25) is 4.79 Å². The number of rotatable bonds is 7. The predicted molar refractivity (Wildman–Crippen MR) is 106 cm³/mol. The molecule has 1 fully saturated rings. The van der Waals surface area contributed by atoms with Crippen LogP contribution in [0.1, 0.15) is 43.5 Å². The molecule has 0 aliphatic carbocycles. The van der Waals surface area contributed by atoms with Crippen LogP contribution in [0.5, 0.6) is 11.5 Å². The van der Waals surface area contributed by atoms with E-state index in [4.69, 9.17) is 21.1 Å². The lowest BCUT2D eigenvalue weighted by Crippen LogP contribution is -2.47. The van der Waals surface area contributed by atoms with Crippen LogP contribution in [0.4, 0.5) is 0 Å². The molecule has 1 aromatic rings. The van der Waals surface area contributed by atoms with Gasteiger partial charge in [-0.25, -0.2) is 0 Å². The van der Waals surface area contributed by atoms with Crippen molar-refractivity contribution in [1.29, 1.82) is 0 Å². The topological polar surface area (TPSA) is 42.0 Å². The molecule has 2 rings (SSSR count). The Morgan fingerprint density at radius 2 is 2.12 bits per heavy atom. The number of likely N-dealkylation sites (N-methyl/N-ethyl adjacent to an activating group) is 1. The molecule has 0 aromatic heterocycles. The highest BCUT2D eigenvalue weighted by Crippen LogP contribution is 2.37. The number of nitrogens with zero attached hydrogens (tertiary/aromatic N) is 2. The van der Waals surface area contributed by atoms with Crippen molar-refractivity contribution in [1.82, 2.24) is 9.80 Å². The van der Waals surface area contributed by atoms with E-state index in [1.807, 2.05) is 4.90 Å². The molecular formula is C20H31ClN2O3.